The van der Waals surface area contributed by atoms with Gasteiger partial charge in [0.25, 0.3) is 5.91 Å². The highest BCUT2D eigenvalue weighted by atomic mass is 19.1. The first-order valence-corrected chi connectivity index (χ1v) is 9.29. The minimum absolute atomic E-state index is 0.252. The first-order valence-electron chi connectivity index (χ1n) is 9.29. The summed E-state index contributed by atoms with van der Waals surface area (Å²) in [6, 6.07) is 20.8. The van der Waals surface area contributed by atoms with Crippen LogP contribution in [-0.2, 0) is 0 Å². The number of amides is 1. The van der Waals surface area contributed by atoms with Crippen LogP contribution in [0.5, 0.6) is 6.01 Å². The number of nitrogens with zero attached hydrogens (tertiary/aromatic N) is 3. The zero-order chi connectivity index (χ0) is 21.1. The summed E-state index contributed by atoms with van der Waals surface area (Å²) in [7, 11) is 1.52. The summed E-state index contributed by atoms with van der Waals surface area (Å²) < 4.78 is 20.3. The molecule has 150 valence electrons. The Hall–Kier alpha value is -4.00. The lowest BCUT2D eigenvalue weighted by molar-refractivity contribution is 0.102. The van der Waals surface area contributed by atoms with E-state index in [0.29, 0.717) is 11.5 Å². The van der Waals surface area contributed by atoms with Gasteiger partial charge in [-0.05, 0) is 55.0 Å². The molecule has 0 saturated heterocycles. The number of anilines is 1. The molecule has 1 N–H and O–H groups in total. The summed E-state index contributed by atoms with van der Waals surface area (Å²) in [6.45, 7) is 2.01. The molecule has 0 fully saturated rings. The van der Waals surface area contributed by atoms with Crippen LogP contribution in [0, 0.1) is 12.7 Å². The lowest BCUT2D eigenvalue weighted by Gasteiger charge is -2.09. The molecular formula is C23H19FN4O2. The number of hydrogen-bond acceptors (Lipinski definition) is 4. The highest BCUT2D eigenvalue weighted by molar-refractivity contribution is 6.04. The summed E-state index contributed by atoms with van der Waals surface area (Å²) in [5.74, 6) is -0.186. The normalized spacial score (nSPS) is 10.6. The van der Waals surface area contributed by atoms with Gasteiger partial charge in [-0.15, -0.1) is 5.10 Å². The largest absolute Gasteiger partial charge is 0.466 e. The fourth-order valence-corrected chi connectivity index (χ4v) is 3.08. The standard InChI is InChI=1S/C23H19FN4O2/c1-15-6-3-4-9-20(15)21-26-23(30-2)27-28(21)19-12-10-18(11-13-19)25-22(29)16-7-5-8-17(24)14-16/h3-14H,1-2H3,(H,25,29). The van der Waals surface area contributed by atoms with E-state index in [2.05, 4.69) is 15.4 Å². The molecule has 4 aromatic rings. The summed E-state index contributed by atoms with van der Waals surface area (Å²) in [4.78, 5) is 16.8. The van der Waals surface area contributed by atoms with Gasteiger partial charge >= 0.3 is 6.01 Å². The predicted molar refractivity (Wildman–Crippen MR) is 112 cm³/mol. The van der Waals surface area contributed by atoms with Crippen molar-refractivity contribution in [3.8, 4) is 23.1 Å². The summed E-state index contributed by atoms with van der Waals surface area (Å²) in [5, 5.41) is 7.18. The monoisotopic (exact) mass is 402 g/mol. The minimum Gasteiger partial charge on any atom is -0.466 e. The maximum absolute atomic E-state index is 13.3. The Morgan fingerprint density at radius 2 is 1.80 bits per heavy atom. The van der Waals surface area contributed by atoms with Crippen molar-refractivity contribution < 1.29 is 13.9 Å². The molecule has 4 rings (SSSR count). The summed E-state index contributed by atoms with van der Waals surface area (Å²) >= 11 is 0. The van der Waals surface area contributed by atoms with Crippen LogP contribution in [0.15, 0.2) is 72.8 Å². The Morgan fingerprint density at radius 1 is 1.03 bits per heavy atom. The molecule has 0 saturated carbocycles. The van der Waals surface area contributed by atoms with Gasteiger partial charge in [0.1, 0.15) is 5.82 Å². The van der Waals surface area contributed by atoms with E-state index in [-0.39, 0.29) is 17.5 Å². The zero-order valence-corrected chi connectivity index (χ0v) is 16.5. The van der Waals surface area contributed by atoms with E-state index in [0.717, 1.165) is 16.8 Å². The van der Waals surface area contributed by atoms with Crippen LogP contribution in [0.2, 0.25) is 0 Å². The maximum Gasteiger partial charge on any atom is 0.336 e. The Labute approximate surface area is 173 Å². The van der Waals surface area contributed by atoms with E-state index in [1.165, 1.54) is 25.3 Å². The molecule has 7 heteroatoms. The van der Waals surface area contributed by atoms with Crippen LogP contribution in [0.1, 0.15) is 15.9 Å². The van der Waals surface area contributed by atoms with Crippen molar-refractivity contribution in [1.29, 1.82) is 0 Å². The Morgan fingerprint density at radius 3 is 2.50 bits per heavy atom. The summed E-state index contributed by atoms with van der Waals surface area (Å²) in [6.07, 6.45) is 0. The van der Waals surface area contributed by atoms with Crippen LogP contribution >= 0.6 is 0 Å². The number of aromatic nitrogens is 3. The molecule has 0 aliphatic carbocycles. The topological polar surface area (TPSA) is 69.0 Å². The molecular weight excluding hydrogens is 383 g/mol. The van der Waals surface area contributed by atoms with Gasteiger partial charge in [0, 0.05) is 16.8 Å². The van der Waals surface area contributed by atoms with Gasteiger partial charge in [-0.25, -0.2) is 9.07 Å². The molecule has 0 unspecified atom stereocenters. The average Bonchev–Trinajstić information content (AvgIpc) is 3.19. The molecule has 3 aromatic carbocycles. The van der Waals surface area contributed by atoms with Gasteiger partial charge in [0.2, 0.25) is 0 Å². The molecule has 0 radical (unpaired) electrons. The first-order chi connectivity index (χ1) is 14.5. The lowest BCUT2D eigenvalue weighted by atomic mass is 10.1. The SMILES string of the molecule is COc1nc(-c2ccccc2C)n(-c2ccc(NC(=O)c3cccc(F)c3)cc2)n1. The number of carbonyl (C=O) groups is 1. The minimum atomic E-state index is -0.457. The van der Waals surface area contributed by atoms with Crippen molar-refractivity contribution in [3.05, 3.63) is 89.7 Å². The second kappa shape index (κ2) is 8.16. The van der Waals surface area contributed by atoms with E-state index in [1.54, 1.807) is 22.9 Å². The molecule has 0 spiro atoms. The molecule has 1 amide bonds. The first kappa shape index (κ1) is 19.3. The average molecular weight is 402 g/mol. The van der Waals surface area contributed by atoms with E-state index < -0.39 is 5.82 Å². The predicted octanol–water partition coefficient (Wildman–Crippen LogP) is 4.64. The highest BCUT2D eigenvalue weighted by Crippen LogP contribution is 2.26. The quantitative estimate of drug-likeness (QED) is 0.528. The third-order valence-corrected chi connectivity index (χ3v) is 4.61. The Bertz CT molecular complexity index is 1200. The van der Waals surface area contributed by atoms with Crippen molar-refractivity contribution >= 4 is 11.6 Å². The van der Waals surface area contributed by atoms with E-state index >= 15 is 0 Å². The van der Waals surface area contributed by atoms with Crippen LogP contribution < -0.4 is 10.1 Å². The Kier molecular flexibility index (Phi) is 5.26. The van der Waals surface area contributed by atoms with E-state index in [9.17, 15) is 9.18 Å². The van der Waals surface area contributed by atoms with Gasteiger partial charge in [-0.3, -0.25) is 4.79 Å². The van der Waals surface area contributed by atoms with E-state index in [4.69, 9.17) is 4.74 Å². The highest BCUT2D eigenvalue weighted by Gasteiger charge is 2.16. The van der Waals surface area contributed by atoms with Crippen molar-refractivity contribution in [3.63, 3.8) is 0 Å². The number of methoxy groups -OCH3 is 1. The molecule has 0 aliphatic heterocycles. The maximum atomic E-state index is 13.3. The van der Waals surface area contributed by atoms with E-state index in [1.807, 2.05) is 43.3 Å². The number of nitrogens with one attached hydrogen (secondary N) is 1. The Balaban J connectivity index is 1.62. The molecule has 6 nitrogen and oxygen atoms in total. The fourth-order valence-electron chi connectivity index (χ4n) is 3.08. The van der Waals surface area contributed by atoms with Crippen molar-refractivity contribution in [2.45, 2.75) is 6.92 Å². The van der Waals surface area contributed by atoms with Gasteiger partial charge in [0.15, 0.2) is 5.82 Å². The van der Waals surface area contributed by atoms with Gasteiger partial charge in [-0.1, -0.05) is 30.3 Å². The number of ether oxygens (including phenoxy) is 1. The van der Waals surface area contributed by atoms with Crippen LogP contribution in [0.3, 0.4) is 0 Å². The van der Waals surface area contributed by atoms with Crippen LogP contribution in [-0.4, -0.2) is 27.8 Å². The zero-order valence-electron chi connectivity index (χ0n) is 16.5. The molecule has 1 heterocycles. The number of carbonyl (C=O) groups excluding carboxylic acids is 1. The smallest absolute Gasteiger partial charge is 0.336 e. The fraction of sp³-hybridized carbons (Fsp3) is 0.0870. The summed E-state index contributed by atoms with van der Waals surface area (Å²) in [5.41, 5.74) is 3.59. The van der Waals surface area contributed by atoms with Crippen LogP contribution in [0.4, 0.5) is 10.1 Å². The van der Waals surface area contributed by atoms with Crippen molar-refractivity contribution in [2.24, 2.45) is 0 Å². The number of aryl methyl sites for hydroxylation is 1. The lowest BCUT2D eigenvalue weighted by Crippen LogP contribution is -2.12. The van der Waals surface area contributed by atoms with Crippen molar-refractivity contribution in [2.75, 3.05) is 12.4 Å². The molecule has 0 bridgehead atoms. The number of halogens is 1. The molecule has 0 atom stereocenters. The second-order valence-electron chi connectivity index (χ2n) is 6.66. The molecule has 0 aliphatic rings. The van der Waals surface area contributed by atoms with Gasteiger partial charge < -0.3 is 10.1 Å². The number of benzene rings is 3. The van der Waals surface area contributed by atoms with Gasteiger partial charge in [0.05, 0.1) is 12.8 Å². The third-order valence-electron chi connectivity index (χ3n) is 4.61. The third kappa shape index (κ3) is 3.91. The van der Waals surface area contributed by atoms with Gasteiger partial charge in [-0.2, -0.15) is 4.98 Å². The molecule has 30 heavy (non-hydrogen) atoms. The van der Waals surface area contributed by atoms with Crippen LogP contribution in [0.25, 0.3) is 17.1 Å². The molecule has 1 aromatic heterocycles. The number of rotatable bonds is 5. The van der Waals surface area contributed by atoms with Crippen molar-refractivity contribution in [1.82, 2.24) is 14.8 Å². The second-order valence-corrected chi connectivity index (χ2v) is 6.66. The number of hydrogen-bond donors (Lipinski definition) is 1.